The van der Waals surface area contributed by atoms with Crippen molar-refractivity contribution in [2.75, 3.05) is 5.75 Å². The summed E-state index contributed by atoms with van der Waals surface area (Å²) in [6.07, 6.45) is 1.66. The molecule has 1 aliphatic rings. The molecular formula is C6H9O2S. The third-order valence-corrected chi connectivity index (χ3v) is 1.75. The third kappa shape index (κ3) is 1.61. The molecule has 1 radical (unpaired) electrons. The fourth-order valence-electron chi connectivity index (χ4n) is 0.885. The monoisotopic (exact) mass is 145 g/mol. The first-order valence-electron chi connectivity index (χ1n) is 2.94. The molecule has 0 amide bonds. The highest BCUT2D eigenvalue weighted by molar-refractivity contribution is 7.80. The van der Waals surface area contributed by atoms with Crippen LogP contribution in [0.3, 0.4) is 0 Å². The number of rotatable bonds is 3. The van der Waals surface area contributed by atoms with E-state index in [0.29, 0.717) is 0 Å². The lowest BCUT2D eigenvalue weighted by atomic mass is 10.2. The molecule has 1 saturated carbocycles. The van der Waals surface area contributed by atoms with Gasteiger partial charge in [0.15, 0.2) is 0 Å². The molecule has 3 heteroatoms. The highest BCUT2D eigenvalue weighted by atomic mass is 32.1. The predicted octanol–water partition coefficient (Wildman–Crippen LogP) is 0.985. The largest absolute Gasteiger partial charge is 0.481 e. The van der Waals surface area contributed by atoms with Crippen LogP contribution in [0.1, 0.15) is 12.8 Å². The summed E-state index contributed by atoms with van der Waals surface area (Å²) in [7, 11) is 0. The molecule has 51 valence electrons. The lowest BCUT2D eigenvalue weighted by Gasteiger charge is -1.88. The molecule has 0 spiro atoms. The minimum atomic E-state index is -0.674. The Hall–Kier alpha value is -0.180. The van der Waals surface area contributed by atoms with Gasteiger partial charge in [-0.3, -0.25) is 4.79 Å². The summed E-state index contributed by atoms with van der Waals surface area (Å²) >= 11 is 4.00. The van der Waals surface area contributed by atoms with Gasteiger partial charge in [-0.05, 0) is 24.5 Å². The van der Waals surface area contributed by atoms with Gasteiger partial charge in [0.25, 0.3) is 0 Å². The van der Waals surface area contributed by atoms with Gasteiger partial charge >= 0.3 is 5.97 Å². The van der Waals surface area contributed by atoms with Gasteiger partial charge in [0.1, 0.15) is 0 Å². The molecule has 0 heterocycles. The Morgan fingerprint density at radius 1 is 1.89 bits per heavy atom. The Balaban J connectivity index is 2.17. The molecule has 0 aliphatic heterocycles. The predicted molar refractivity (Wildman–Crippen MR) is 37.5 cm³/mol. The number of thiol groups is 1. The van der Waals surface area contributed by atoms with Crippen molar-refractivity contribution in [1.82, 2.24) is 0 Å². The van der Waals surface area contributed by atoms with Crippen LogP contribution in [0.15, 0.2) is 0 Å². The SMILES string of the molecule is O=C(O)C1C[C]1CCS. The normalized spacial score (nSPS) is 26.1. The van der Waals surface area contributed by atoms with Gasteiger partial charge in [-0.25, -0.2) is 0 Å². The quantitative estimate of drug-likeness (QED) is 0.581. The number of carboxylic acid groups (broad SMARTS) is 1. The topological polar surface area (TPSA) is 37.3 Å². The molecule has 1 rings (SSSR count). The van der Waals surface area contributed by atoms with Crippen molar-refractivity contribution in [3.8, 4) is 0 Å². The van der Waals surface area contributed by atoms with E-state index in [1.54, 1.807) is 0 Å². The third-order valence-electron chi connectivity index (χ3n) is 1.53. The van der Waals surface area contributed by atoms with Gasteiger partial charge in [0.05, 0.1) is 5.92 Å². The molecule has 0 aromatic carbocycles. The molecule has 1 N–H and O–H groups in total. The zero-order valence-corrected chi connectivity index (χ0v) is 5.90. The van der Waals surface area contributed by atoms with Crippen LogP contribution in [0.2, 0.25) is 0 Å². The number of carbonyl (C=O) groups is 1. The van der Waals surface area contributed by atoms with Crippen LogP contribution < -0.4 is 0 Å². The second kappa shape index (κ2) is 2.60. The number of hydrogen-bond donors (Lipinski definition) is 2. The zero-order valence-electron chi connectivity index (χ0n) is 5.00. The number of carboxylic acids is 1. The Labute approximate surface area is 59.7 Å². The first kappa shape index (κ1) is 6.93. The van der Waals surface area contributed by atoms with E-state index >= 15 is 0 Å². The van der Waals surface area contributed by atoms with Crippen molar-refractivity contribution in [3.63, 3.8) is 0 Å². The molecule has 1 atom stereocenters. The molecular weight excluding hydrogens is 136 g/mol. The van der Waals surface area contributed by atoms with Crippen molar-refractivity contribution in [2.24, 2.45) is 5.92 Å². The van der Waals surface area contributed by atoms with Gasteiger partial charge in [0.2, 0.25) is 0 Å². The van der Waals surface area contributed by atoms with Crippen LogP contribution in [-0.2, 0) is 4.79 Å². The zero-order chi connectivity index (χ0) is 6.85. The van der Waals surface area contributed by atoms with Gasteiger partial charge in [-0.1, -0.05) is 0 Å². The summed E-state index contributed by atoms with van der Waals surface area (Å²) in [5, 5.41) is 8.40. The maximum absolute atomic E-state index is 10.2. The van der Waals surface area contributed by atoms with E-state index in [9.17, 15) is 4.79 Å². The Bertz CT molecular complexity index is 124. The molecule has 0 aromatic heterocycles. The highest BCUT2D eigenvalue weighted by Gasteiger charge is 2.42. The van der Waals surface area contributed by atoms with Crippen LogP contribution in [0.25, 0.3) is 0 Å². The van der Waals surface area contributed by atoms with Crippen molar-refractivity contribution in [1.29, 1.82) is 0 Å². The van der Waals surface area contributed by atoms with E-state index in [0.717, 1.165) is 24.5 Å². The van der Waals surface area contributed by atoms with E-state index in [2.05, 4.69) is 12.6 Å². The Kier molecular flexibility index (Phi) is 2.01. The van der Waals surface area contributed by atoms with Gasteiger partial charge < -0.3 is 5.11 Å². The van der Waals surface area contributed by atoms with Crippen molar-refractivity contribution in [3.05, 3.63) is 5.92 Å². The molecule has 1 aliphatic carbocycles. The molecule has 9 heavy (non-hydrogen) atoms. The summed E-state index contributed by atoms with van der Waals surface area (Å²) < 4.78 is 0. The Morgan fingerprint density at radius 2 is 2.56 bits per heavy atom. The lowest BCUT2D eigenvalue weighted by molar-refractivity contribution is -0.138. The molecule has 1 unspecified atom stereocenters. The maximum Gasteiger partial charge on any atom is 0.307 e. The second-order valence-electron chi connectivity index (χ2n) is 2.23. The van der Waals surface area contributed by atoms with Crippen LogP contribution in [0.5, 0.6) is 0 Å². The molecule has 0 saturated heterocycles. The van der Waals surface area contributed by atoms with E-state index < -0.39 is 5.97 Å². The summed E-state index contributed by atoms with van der Waals surface area (Å²) in [6.45, 7) is 0. The molecule has 2 nitrogen and oxygen atoms in total. The lowest BCUT2D eigenvalue weighted by Crippen LogP contribution is -1.98. The average Bonchev–Trinajstić information content (AvgIpc) is 2.47. The first-order valence-corrected chi connectivity index (χ1v) is 3.57. The van der Waals surface area contributed by atoms with Gasteiger partial charge in [-0.15, -0.1) is 0 Å². The fraction of sp³-hybridized carbons (Fsp3) is 0.667. The molecule has 0 bridgehead atoms. The maximum atomic E-state index is 10.2. The van der Waals surface area contributed by atoms with E-state index in [1.165, 1.54) is 0 Å². The van der Waals surface area contributed by atoms with Gasteiger partial charge in [0, 0.05) is 0 Å². The summed E-state index contributed by atoms with van der Waals surface area (Å²) in [4.78, 5) is 10.2. The van der Waals surface area contributed by atoms with E-state index in [-0.39, 0.29) is 5.92 Å². The summed E-state index contributed by atoms with van der Waals surface area (Å²) in [6, 6.07) is 0. The van der Waals surface area contributed by atoms with Crippen LogP contribution >= 0.6 is 12.6 Å². The fourth-order valence-corrected chi connectivity index (χ4v) is 1.17. The van der Waals surface area contributed by atoms with E-state index in [4.69, 9.17) is 5.11 Å². The van der Waals surface area contributed by atoms with Gasteiger partial charge in [-0.2, -0.15) is 12.6 Å². The minimum Gasteiger partial charge on any atom is -0.481 e. The highest BCUT2D eigenvalue weighted by Crippen LogP contribution is 2.43. The standard InChI is InChI=1S/C6H9O2S/c7-6(8)5-3-4(5)1-2-9/h5,9H,1-3H2,(H,7,8). The number of hydrogen-bond acceptors (Lipinski definition) is 2. The van der Waals surface area contributed by atoms with E-state index in [1.807, 2.05) is 0 Å². The molecule has 0 aromatic rings. The van der Waals surface area contributed by atoms with Crippen LogP contribution in [0, 0.1) is 11.8 Å². The first-order chi connectivity index (χ1) is 4.25. The number of aliphatic carboxylic acids is 1. The van der Waals surface area contributed by atoms with Crippen LogP contribution in [0.4, 0.5) is 0 Å². The van der Waals surface area contributed by atoms with Crippen molar-refractivity contribution >= 4 is 18.6 Å². The Morgan fingerprint density at radius 3 is 2.89 bits per heavy atom. The summed E-state index contributed by atoms with van der Waals surface area (Å²) in [5.74, 6) is 1.13. The summed E-state index contributed by atoms with van der Waals surface area (Å²) in [5.41, 5.74) is 0. The van der Waals surface area contributed by atoms with Crippen molar-refractivity contribution < 1.29 is 9.90 Å². The average molecular weight is 145 g/mol. The second-order valence-corrected chi connectivity index (χ2v) is 2.67. The van der Waals surface area contributed by atoms with Crippen molar-refractivity contribution in [2.45, 2.75) is 12.8 Å². The minimum absolute atomic E-state index is 0.128. The van der Waals surface area contributed by atoms with Crippen LogP contribution in [-0.4, -0.2) is 16.8 Å². The molecule has 1 fully saturated rings. The smallest absolute Gasteiger partial charge is 0.307 e.